The number of rotatable bonds is 3. The van der Waals surface area contributed by atoms with Gasteiger partial charge in [0.15, 0.2) is 0 Å². The van der Waals surface area contributed by atoms with E-state index in [0.717, 1.165) is 5.01 Å². The normalized spacial score (nSPS) is 17.4. The summed E-state index contributed by atoms with van der Waals surface area (Å²) in [4.78, 5) is 4.52. The zero-order chi connectivity index (χ0) is 12.6. The summed E-state index contributed by atoms with van der Waals surface area (Å²) in [6.07, 6.45) is 0. The monoisotopic (exact) mass is 264 g/mol. The van der Waals surface area contributed by atoms with Gasteiger partial charge < -0.3 is 10.5 Å². The van der Waals surface area contributed by atoms with Gasteiger partial charge in [0.05, 0.1) is 24.3 Å². The second kappa shape index (κ2) is 4.42. The Balaban J connectivity index is 1.97. The minimum atomic E-state index is -0.249. The maximum absolute atomic E-state index is 13.7. The van der Waals surface area contributed by atoms with E-state index in [9.17, 15) is 4.39 Å². The number of aromatic nitrogens is 1. The number of ether oxygens (including phenoxy) is 1. The van der Waals surface area contributed by atoms with Crippen LogP contribution in [0.1, 0.15) is 5.01 Å². The van der Waals surface area contributed by atoms with Crippen LogP contribution >= 0.6 is 11.3 Å². The smallest absolute Gasteiger partial charge is 0.132 e. The lowest BCUT2D eigenvalue weighted by Gasteiger charge is -2.38. The molecule has 5 heteroatoms. The van der Waals surface area contributed by atoms with Gasteiger partial charge in [-0.15, -0.1) is 11.3 Å². The topological polar surface area (TPSA) is 48.1 Å². The summed E-state index contributed by atoms with van der Waals surface area (Å²) >= 11 is 1.52. The van der Waals surface area contributed by atoms with Crippen molar-refractivity contribution >= 4 is 11.3 Å². The van der Waals surface area contributed by atoms with Crippen molar-refractivity contribution in [1.82, 2.24) is 4.98 Å². The second-order valence-corrected chi connectivity index (χ2v) is 5.35. The van der Waals surface area contributed by atoms with Crippen molar-refractivity contribution in [3.63, 3.8) is 0 Å². The Labute approximate surface area is 108 Å². The third kappa shape index (κ3) is 1.75. The quantitative estimate of drug-likeness (QED) is 0.924. The fourth-order valence-corrected chi connectivity index (χ4v) is 2.99. The molecule has 2 N–H and O–H groups in total. The summed E-state index contributed by atoms with van der Waals surface area (Å²) in [6, 6.07) is 6.66. The van der Waals surface area contributed by atoms with E-state index in [1.165, 1.54) is 17.4 Å². The molecule has 0 bridgehead atoms. The Morgan fingerprint density at radius 3 is 2.78 bits per heavy atom. The molecule has 1 aromatic heterocycles. The summed E-state index contributed by atoms with van der Waals surface area (Å²) in [6.45, 7) is 1.72. The summed E-state index contributed by atoms with van der Waals surface area (Å²) in [5.74, 6) is -0.249. The third-order valence-electron chi connectivity index (χ3n) is 3.26. The van der Waals surface area contributed by atoms with Gasteiger partial charge in [0.25, 0.3) is 0 Å². The first-order chi connectivity index (χ1) is 8.75. The molecule has 0 radical (unpaired) electrons. The molecule has 0 saturated carbocycles. The first-order valence-electron chi connectivity index (χ1n) is 5.74. The number of hydrogen-bond acceptors (Lipinski definition) is 4. The van der Waals surface area contributed by atoms with Gasteiger partial charge in [-0.1, -0.05) is 12.1 Å². The zero-order valence-corrected chi connectivity index (χ0v) is 10.5. The molecule has 1 aliphatic heterocycles. The highest BCUT2D eigenvalue weighted by Gasteiger charge is 2.41. The first-order valence-corrected chi connectivity index (χ1v) is 6.62. The molecule has 2 heterocycles. The van der Waals surface area contributed by atoms with E-state index in [0.29, 0.717) is 31.0 Å². The highest BCUT2D eigenvalue weighted by atomic mass is 32.1. The van der Waals surface area contributed by atoms with Crippen molar-refractivity contribution in [2.75, 3.05) is 19.8 Å². The first kappa shape index (κ1) is 11.8. The van der Waals surface area contributed by atoms with Crippen LogP contribution in [0.2, 0.25) is 0 Å². The molecule has 0 amide bonds. The van der Waals surface area contributed by atoms with Gasteiger partial charge >= 0.3 is 0 Å². The maximum atomic E-state index is 13.7. The SMILES string of the molecule is NCC1(c2nc(-c3ccccc3F)cs2)COC1. The largest absolute Gasteiger partial charge is 0.379 e. The number of nitrogens with two attached hydrogens (primary N) is 1. The summed E-state index contributed by atoms with van der Waals surface area (Å²) < 4.78 is 18.9. The van der Waals surface area contributed by atoms with Crippen LogP contribution in [0.3, 0.4) is 0 Å². The van der Waals surface area contributed by atoms with E-state index in [4.69, 9.17) is 10.5 Å². The van der Waals surface area contributed by atoms with Crippen LogP contribution in [0, 0.1) is 5.82 Å². The molecule has 0 aliphatic carbocycles. The fourth-order valence-electron chi connectivity index (χ4n) is 1.99. The third-order valence-corrected chi connectivity index (χ3v) is 4.34. The second-order valence-electron chi connectivity index (χ2n) is 4.49. The maximum Gasteiger partial charge on any atom is 0.132 e. The molecule has 1 saturated heterocycles. The number of nitrogens with zero attached hydrogens (tertiary/aromatic N) is 1. The molecule has 1 aromatic carbocycles. The lowest BCUT2D eigenvalue weighted by Crippen LogP contribution is -2.52. The van der Waals surface area contributed by atoms with E-state index in [1.807, 2.05) is 11.4 Å². The molecule has 0 atom stereocenters. The van der Waals surface area contributed by atoms with Crippen LogP contribution < -0.4 is 5.73 Å². The molecule has 0 unspecified atom stereocenters. The zero-order valence-electron chi connectivity index (χ0n) is 9.73. The van der Waals surface area contributed by atoms with E-state index < -0.39 is 0 Å². The van der Waals surface area contributed by atoms with E-state index >= 15 is 0 Å². The van der Waals surface area contributed by atoms with Gasteiger partial charge in [-0.25, -0.2) is 9.37 Å². The van der Waals surface area contributed by atoms with Crippen molar-refractivity contribution in [2.24, 2.45) is 5.73 Å². The highest BCUT2D eigenvalue weighted by molar-refractivity contribution is 7.10. The number of hydrogen-bond donors (Lipinski definition) is 1. The molecule has 94 valence electrons. The Morgan fingerprint density at radius 1 is 1.39 bits per heavy atom. The van der Waals surface area contributed by atoms with Crippen molar-refractivity contribution in [2.45, 2.75) is 5.41 Å². The molecule has 3 nitrogen and oxygen atoms in total. The van der Waals surface area contributed by atoms with Crippen LogP contribution in [0.4, 0.5) is 4.39 Å². The predicted octanol–water partition coefficient (Wildman–Crippen LogP) is 2.18. The summed E-state index contributed by atoms with van der Waals surface area (Å²) in [5.41, 5.74) is 6.84. The number of benzene rings is 1. The van der Waals surface area contributed by atoms with Crippen molar-refractivity contribution < 1.29 is 9.13 Å². The van der Waals surface area contributed by atoms with E-state index in [-0.39, 0.29) is 11.2 Å². The lowest BCUT2D eigenvalue weighted by atomic mass is 9.87. The van der Waals surface area contributed by atoms with Gasteiger partial charge in [0.2, 0.25) is 0 Å². The molecule has 2 aromatic rings. The molecular weight excluding hydrogens is 251 g/mol. The van der Waals surface area contributed by atoms with Gasteiger partial charge in [0, 0.05) is 17.5 Å². The van der Waals surface area contributed by atoms with E-state index in [2.05, 4.69) is 4.98 Å². The molecule has 1 fully saturated rings. The lowest BCUT2D eigenvalue weighted by molar-refractivity contribution is -0.0550. The van der Waals surface area contributed by atoms with E-state index in [1.54, 1.807) is 12.1 Å². The minimum Gasteiger partial charge on any atom is -0.379 e. The van der Waals surface area contributed by atoms with Gasteiger partial charge in [-0.2, -0.15) is 0 Å². The van der Waals surface area contributed by atoms with Crippen LogP contribution in [0.25, 0.3) is 11.3 Å². The van der Waals surface area contributed by atoms with Gasteiger partial charge in [-0.3, -0.25) is 0 Å². The van der Waals surface area contributed by atoms with Gasteiger partial charge in [0.1, 0.15) is 10.8 Å². The highest BCUT2D eigenvalue weighted by Crippen LogP contribution is 2.35. The Kier molecular flexibility index (Phi) is 2.89. The Bertz CT molecular complexity index is 560. The van der Waals surface area contributed by atoms with Crippen LogP contribution in [-0.4, -0.2) is 24.7 Å². The Morgan fingerprint density at radius 2 is 2.17 bits per heavy atom. The average molecular weight is 264 g/mol. The number of halogens is 1. The fraction of sp³-hybridized carbons (Fsp3) is 0.308. The minimum absolute atomic E-state index is 0.159. The van der Waals surface area contributed by atoms with Crippen LogP contribution in [-0.2, 0) is 10.2 Å². The van der Waals surface area contributed by atoms with Crippen LogP contribution in [0.5, 0.6) is 0 Å². The molecule has 3 rings (SSSR count). The van der Waals surface area contributed by atoms with Crippen molar-refractivity contribution in [3.8, 4) is 11.3 Å². The molecule has 0 spiro atoms. The summed E-state index contributed by atoms with van der Waals surface area (Å²) in [7, 11) is 0. The molecule has 1 aliphatic rings. The van der Waals surface area contributed by atoms with Crippen LogP contribution in [0.15, 0.2) is 29.6 Å². The van der Waals surface area contributed by atoms with Crippen molar-refractivity contribution in [3.05, 3.63) is 40.5 Å². The van der Waals surface area contributed by atoms with Gasteiger partial charge in [-0.05, 0) is 12.1 Å². The standard InChI is InChI=1S/C13H13FN2OS/c14-10-4-2-1-3-9(10)11-5-18-12(16-11)13(6-15)7-17-8-13/h1-5H,6-8,15H2. The summed E-state index contributed by atoms with van der Waals surface area (Å²) in [5, 5.41) is 2.82. The molecule has 18 heavy (non-hydrogen) atoms. The molecular formula is C13H13FN2OS. The Hall–Kier alpha value is -1.30. The predicted molar refractivity (Wildman–Crippen MR) is 69.1 cm³/mol. The number of thiazole rings is 1. The van der Waals surface area contributed by atoms with Crippen molar-refractivity contribution in [1.29, 1.82) is 0 Å². The average Bonchev–Trinajstić information content (AvgIpc) is 2.79.